The molecular weight excluding hydrogens is 238 g/mol. The van der Waals surface area contributed by atoms with Gasteiger partial charge >= 0.3 is 0 Å². The van der Waals surface area contributed by atoms with Crippen LogP contribution in [0.5, 0.6) is 0 Å². The Kier molecular flexibility index (Phi) is 5.64. The second kappa shape index (κ2) is 7.25. The summed E-state index contributed by atoms with van der Waals surface area (Å²) in [6, 6.07) is 1.12. The van der Waals surface area contributed by atoms with Gasteiger partial charge in [0.15, 0.2) is 0 Å². The Morgan fingerprint density at radius 3 is 2.53 bits per heavy atom. The lowest BCUT2D eigenvalue weighted by atomic mass is 9.97. The van der Waals surface area contributed by atoms with Crippen LogP contribution in [0.4, 0.5) is 0 Å². The fourth-order valence-electron chi connectivity index (χ4n) is 2.60. The smallest absolute Gasteiger partial charge is 0.234 e. The summed E-state index contributed by atoms with van der Waals surface area (Å²) in [6.07, 6.45) is 6.20. The van der Waals surface area contributed by atoms with Gasteiger partial charge < -0.3 is 10.6 Å². The molecule has 1 atom stereocenters. The van der Waals surface area contributed by atoms with E-state index in [0.717, 1.165) is 31.5 Å². The first kappa shape index (κ1) is 14.8. The van der Waals surface area contributed by atoms with Crippen LogP contribution < -0.4 is 10.6 Å². The van der Waals surface area contributed by atoms with Gasteiger partial charge in [0, 0.05) is 12.1 Å². The van der Waals surface area contributed by atoms with Crippen LogP contribution >= 0.6 is 0 Å². The lowest BCUT2D eigenvalue weighted by Crippen LogP contribution is -2.44. The summed E-state index contributed by atoms with van der Waals surface area (Å²) in [7, 11) is 0. The summed E-state index contributed by atoms with van der Waals surface area (Å²) >= 11 is 0. The van der Waals surface area contributed by atoms with Crippen LogP contribution in [0.15, 0.2) is 0 Å². The molecular formula is C15H29N3O. The Hall–Kier alpha value is -0.610. The molecule has 110 valence electrons. The minimum atomic E-state index is 0.184. The summed E-state index contributed by atoms with van der Waals surface area (Å²) in [5.74, 6) is 0.999. The molecule has 1 aliphatic heterocycles. The molecule has 1 saturated carbocycles. The SMILES string of the molecule is CCC(C)NC(=O)CN1CCC(CNC2CC2)CC1. The van der Waals surface area contributed by atoms with E-state index in [4.69, 9.17) is 0 Å². The third kappa shape index (κ3) is 5.49. The van der Waals surface area contributed by atoms with Crippen molar-refractivity contribution in [3.8, 4) is 0 Å². The normalized spacial score (nSPS) is 23.3. The third-order valence-electron chi connectivity index (χ3n) is 4.37. The standard InChI is InChI=1S/C15H29N3O/c1-3-12(2)17-15(19)11-18-8-6-13(7-9-18)10-16-14-4-5-14/h12-14,16H,3-11H2,1-2H3,(H,17,19). The van der Waals surface area contributed by atoms with Crippen molar-refractivity contribution in [1.29, 1.82) is 0 Å². The maximum atomic E-state index is 11.8. The predicted octanol–water partition coefficient (Wildman–Crippen LogP) is 1.37. The van der Waals surface area contributed by atoms with Crippen LogP contribution in [0.2, 0.25) is 0 Å². The highest BCUT2D eigenvalue weighted by molar-refractivity contribution is 5.78. The Bertz CT molecular complexity index is 283. The number of amides is 1. The number of nitrogens with one attached hydrogen (secondary N) is 2. The first-order valence-corrected chi connectivity index (χ1v) is 7.92. The summed E-state index contributed by atoms with van der Waals surface area (Å²) in [5, 5.41) is 6.66. The van der Waals surface area contributed by atoms with Crippen molar-refractivity contribution in [2.24, 2.45) is 5.92 Å². The Morgan fingerprint density at radius 2 is 1.95 bits per heavy atom. The summed E-state index contributed by atoms with van der Waals surface area (Å²) in [5.41, 5.74) is 0. The number of hydrogen-bond acceptors (Lipinski definition) is 3. The molecule has 0 aromatic carbocycles. The summed E-state index contributed by atoms with van der Waals surface area (Å²) < 4.78 is 0. The van der Waals surface area contributed by atoms with Gasteiger partial charge in [-0.05, 0) is 64.6 Å². The molecule has 2 aliphatic rings. The molecule has 0 aromatic rings. The van der Waals surface area contributed by atoms with Crippen LogP contribution in [0.1, 0.15) is 46.0 Å². The van der Waals surface area contributed by atoms with Crippen molar-refractivity contribution in [3.05, 3.63) is 0 Å². The minimum absolute atomic E-state index is 0.184. The van der Waals surface area contributed by atoms with E-state index in [9.17, 15) is 4.79 Å². The first-order chi connectivity index (χ1) is 9.17. The molecule has 1 aliphatic carbocycles. The van der Waals surface area contributed by atoms with Gasteiger partial charge in [-0.25, -0.2) is 0 Å². The number of hydrogen-bond donors (Lipinski definition) is 2. The minimum Gasteiger partial charge on any atom is -0.353 e. The van der Waals surface area contributed by atoms with Gasteiger partial charge in [0.1, 0.15) is 0 Å². The van der Waals surface area contributed by atoms with Crippen molar-refractivity contribution < 1.29 is 4.79 Å². The zero-order valence-electron chi connectivity index (χ0n) is 12.5. The second-order valence-electron chi connectivity index (χ2n) is 6.28. The zero-order chi connectivity index (χ0) is 13.7. The van der Waals surface area contributed by atoms with Crippen LogP contribution in [0.3, 0.4) is 0 Å². The average Bonchev–Trinajstić information content (AvgIpc) is 3.21. The highest BCUT2D eigenvalue weighted by Crippen LogP contribution is 2.21. The van der Waals surface area contributed by atoms with Crippen molar-refractivity contribution in [2.75, 3.05) is 26.2 Å². The van der Waals surface area contributed by atoms with Gasteiger partial charge in [-0.3, -0.25) is 9.69 Å². The van der Waals surface area contributed by atoms with Crippen molar-refractivity contribution in [1.82, 2.24) is 15.5 Å². The van der Waals surface area contributed by atoms with Crippen molar-refractivity contribution in [2.45, 2.75) is 58.0 Å². The van der Waals surface area contributed by atoms with E-state index in [1.165, 1.54) is 32.2 Å². The molecule has 0 bridgehead atoms. The molecule has 4 nitrogen and oxygen atoms in total. The largest absolute Gasteiger partial charge is 0.353 e. The molecule has 1 unspecified atom stereocenters. The van der Waals surface area contributed by atoms with Gasteiger partial charge in [0.2, 0.25) is 5.91 Å². The molecule has 2 fully saturated rings. The van der Waals surface area contributed by atoms with Gasteiger partial charge in [0.25, 0.3) is 0 Å². The predicted molar refractivity (Wildman–Crippen MR) is 78.1 cm³/mol. The van der Waals surface area contributed by atoms with Gasteiger partial charge in [-0.1, -0.05) is 6.92 Å². The average molecular weight is 267 g/mol. The van der Waals surface area contributed by atoms with Crippen LogP contribution in [0.25, 0.3) is 0 Å². The molecule has 19 heavy (non-hydrogen) atoms. The van der Waals surface area contributed by atoms with E-state index in [1.54, 1.807) is 0 Å². The molecule has 0 spiro atoms. The molecule has 2 N–H and O–H groups in total. The van der Waals surface area contributed by atoms with Crippen molar-refractivity contribution in [3.63, 3.8) is 0 Å². The second-order valence-corrected chi connectivity index (χ2v) is 6.28. The van der Waals surface area contributed by atoms with Crippen molar-refractivity contribution >= 4 is 5.91 Å². The van der Waals surface area contributed by atoms with E-state index in [0.29, 0.717) is 12.6 Å². The molecule has 0 aromatic heterocycles. The quantitative estimate of drug-likeness (QED) is 0.732. The molecule has 2 rings (SSSR count). The van der Waals surface area contributed by atoms with Gasteiger partial charge in [-0.2, -0.15) is 0 Å². The maximum absolute atomic E-state index is 11.8. The molecule has 1 heterocycles. The molecule has 1 amide bonds. The highest BCUT2D eigenvalue weighted by Gasteiger charge is 2.24. The Balaban J connectivity index is 1.58. The van der Waals surface area contributed by atoms with E-state index in [2.05, 4.69) is 29.4 Å². The van der Waals surface area contributed by atoms with Gasteiger partial charge in [-0.15, -0.1) is 0 Å². The topological polar surface area (TPSA) is 44.4 Å². The maximum Gasteiger partial charge on any atom is 0.234 e. The van der Waals surface area contributed by atoms with Gasteiger partial charge in [0.05, 0.1) is 6.54 Å². The fraction of sp³-hybridized carbons (Fsp3) is 0.933. The number of rotatable bonds is 7. The highest BCUT2D eigenvalue weighted by atomic mass is 16.2. The van der Waals surface area contributed by atoms with Crippen LogP contribution in [-0.2, 0) is 4.79 Å². The van der Waals surface area contributed by atoms with Crippen LogP contribution in [-0.4, -0.2) is 49.1 Å². The fourth-order valence-corrected chi connectivity index (χ4v) is 2.60. The lowest BCUT2D eigenvalue weighted by molar-refractivity contribution is -0.123. The number of nitrogens with zero attached hydrogens (tertiary/aromatic N) is 1. The number of likely N-dealkylation sites (tertiary alicyclic amines) is 1. The van der Waals surface area contributed by atoms with E-state index in [-0.39, 0.29) is 5.91 Å². The summed E-state index contributed by atoms with van der Waals surface area (Å²) in [6.45, 7) is 8.07. The number of carbonyl (C=O) groups is 1. The third-order valence-corrected chi connectivity index (χ3v) is 4.37. The molecule has 4 heteroatoms. The van der Waals surface area contributed by atoms with E-state index >= 15 is 0 Å². The first-order valence-electron chi connectivity index (χ1n) is 7.92. The van der Waals surface area contributed by atoms with E-state index < -0.39 is 0 Å². The number of carbonyl (C=O) groups excluding carboxylic acids is 1. The van der Waals surface area contributed by atoms with E-state index in [1.807, 2.05) is 0 Å². The number of piperidine rings is 1. The van der Waals surface area contributed by atoms with Crippen LogP contribution in [0, 0.1) is 5.92 Å². The summed E-state index contributed by atoms with van der Waals surface area (Å²) in [4.78, 5) is 14.1. The monoisotopic (exact) mass is 267 g/mol. The Morgan fingerprint density at radius 1 is 1.26 bits per heavy atom. The lowest BCUT2D eigenvalue weighted by Gasteiger charge is -2.31. The molecule has 0 radical (unpaired) electrons. The Labute approximate surface area is 117 Å². The zero-order valence-corrected chi connectivity index (χ0v) is 12.5. The molecule has 1 saturated heterocycles.